The van der Waals surface area contributed by atoms with E-state index in [1.165, 1.54) is 24.3 Å². The molecular formula is C10H12ClNO3S. The first kappa shape index (κ1) is 11.9. The molecule has 0 bridgehead atoms. The van der Waals surface area contributed by atoms with Crippen molar-refractivity contribution in [2.75, 3.05) is 6.61 Å². The second-order valence-electron chi connectivity index (χ2n) is 4.08. The molecule has 0 aliphatic heterocycles. The van der Waals surface area contributed by atoms with Crippen LogP contribution < -0.4 is 5.73 Å². The third kappa shape index (κ3) is 1.84. The molecule has 2 atom stereocenters. The second-order valence-corrected chi connectivity index (χ2v) is 6.65. The van der Waals surface area contributed by atoms with Crippen LogP contribution >= 0.6 is 11.6 Å². The topological polar surface area (TPSA) is 80.4 Å². The zero-order chi connectivity index (χ0) is 12.0. The van der Waals surface area contributed by atoms with Crippen molar-refractivity contribution in [2.45, 2.75) is 22.1 Å². The Balaban J connectivity index is 2.31. The molecule has 1 fully saturated rings. The molecule has 0 amide bonds. The Morgan fingerprint density at radius 2 is 2.00 bits per heavy atom. The molecule has 1 aliphatic carbocycles. The van der Waals surface area contributed by atoms with Crippen molar-refractivity contribution in [1.29, 1.82) is 0 Å². The molecule has 3 N–H and O–H groups in total. The molecule has 1 aliphatic rings. The smallest absolute Gasteiger partial charge is 0.183 e. The first-order valence-corrected chi connectivity index (χ1v) is 6.72. The van der Waals surface area contributed by atoms with Gasteiger partial charge in [-0.2, -0.15) is 0 Å². The Labute approximate surface area is 98.9 Å². The van der Waals surface area contributed by atoms with Gasteiger partial charge in [-0.1, -0.05) is 11.6 Å². The van der Waals surface area contributed by atoms with E-state index < -0.39 is 20.6 Å². The second kappa shape index (κ2) is 3.70. The first-order valence-electron chi connectivity index (χ1n) is 4.79. The highest BCUT2D eigenvalue weighted by Gasteiger charge is 2.58. The van der Waals surface area contributed by atoms with Gasteiger partial charge in [0.2, 0.25) is 0 Å². The number of halogens is 1. The third-order valence-corrected chi connectivity index (χ3v) is 5.42. The Morgan fingerprint density at radius 1 is 1.44 bits per heavy atom. The number of benzene rings is 1. The van der Waals surface area contributed by atoms with Gasteiger partial charge < -0.3 is 10.8 Å². The lowest BCUT2D eigenvalue weighted by Crippen LogP contribution is -2.34. The largest absolute Gasteiger partial charge is 0.394 e. The normalized spacial score (nSPS) is 29.1. The molecule has 0 saturated heterocycles. The number of hydrogen-bond donors (Lipinski definition) is 2. The molecule has 6 heteroatoms. The van der Waals surface area contributed by atoms with E-state index in [4.69, 9.17) is 22.4 Å². The molecule has 1 saturated carbocycles. The van der Waals surface area contributed by atoms with E-state index in [1.54, 1.807) is 0 Å². The molecule has 0 aromatic heterocycles. The van der Waals surface area contributed by atoms with Gasteiger partial charge in [0.25, 0.3) is 0 Å². The summed E-state index contributed by atoms with van der Waals surface area (Å²) in [5, 5.41) is 8.77. The van der Waals surface area contributed by atoms with Gasteiger partial charge in [0, 0.05) is 5.02 Å². The van der Waals surface area contributed by atoms with Crippen molar-refractivity contribution in [2.24, 2.45) is 5.73 Å². The summed E-state index contributed by atoms with van der Waals surface area (Å²) in [6.45, 7) is -0.315. The van der Waals surface area contributed by atoms with Crippen LogP contribution in [0.1, 0.15) is 6.42 Å². The van der Waals surface area contributed by atoms with Crippen LogP contribution in [0.4, 0.5) is 0 Å². The van der Waals surface area contributed by atoms with Crippen LogP contribution in [0.2, 0.25) is 5.02 Å². The van der Waals surface area contributed by atoms with E-state index in [0.717, 1.165) is 0 Å². The summed E-state index contributed by atoms with van der Waals surface area (Å²) in [5.41, 5.74) is 4.71. The maximum atomic E-state index is 12.0. The van der Waals surface area contributed by atoms with Crippen molar-refractivity contribution >= 4 is 21.4 Å². The van der Waals surface area contributed by atoms with E-state index in [1.807, 2.05) is 0 Å². The Hall–Kier alpha value is -0.620. The zero-order valence-corrected chi connectivity index (χ0v) is 10.0. The minimum absolute atomic E-state index is 0.197. The molecule has 1 aromatic carbocycles. The highest BCUT2D eigenvalue weighted by atomic mass is 35.5. The lowest BCUT2D eigenvalue weighted by molar-refractivity contribution is 0.257. The summed E-state index contributed by atoms with van der Waals surface area (Å²) in [6, 6.07) is 5.95. The summed E-state index contributed by atoms with van der Waals surface area (Å²) in [5.74, 6) is 0. The van der Waals surface area contributed by atoms with Gasteiger partial charge in [-0.25, -0.2) is 8.42 Å². The van der Waals surface area contributed by atoms with Crippen molar-refractivity contribution in [3.63, 3.8) is 0 Å². The molecule has 0 unspecified atom stereocenters. The van der Waals surface area contributed by atoms with Gasteiger partial charge in [0.15, 0.2) is 9.84 Å². The molecule has 16 heavy (non-hydrogen) atoms. The van der Waals surface area contributed by atoms with Gasteiger partial charge in [0.05, 0.1) is 22.3 Å². The molecule has 2 rings (SSSR count). The Bertz CT molecular complexity index is 499. The summed E-state index contributed by atoms with van der Waals surface area (Å²) >= 11 is 5.68. The first-order chi connectivity index (χ1) is 7.40. The van der Waals surface area contributed by atoms with Crippen LogP contribution in [0.15, 0.2) is 29.2 Å². The van der Waals surface area contributed by atoms with Crippen molar-refractivity contribution < 1.29 is 13.5 Å². The SMILES string of the molecule is N[C@@]1(CO)C[C@H]1S(=O)(=O)c1ccc(Cl)cc1. The molecular weight excluding hydrogens is 250 g/mol. The average Bonchev–Trinajstić information content (AvgIpc) is 2.93. The molecule has 0 heterocycles. The van der Waals surface area contributed by atoms with Crippen LogP contribution in [0.3, 0.4) is 0 Å². The molecule has 4 nitrogen and oxygen atoms in total. The number of nitrogens with two attached hydrogens (primary N) is 1. The maximum Gasteiger partial charge on any atom is 0.183 e. The van der Waals surface area contributed by atoms with Gasteiger partial charge in [-0.05, 0) is 30.7 Å². The van der Waals surface area contributed by atoms with Gasteiger partial charge in [-0.3, -0.25) is 0 Å². The lowest BCUT2D eigenvalue weighted by atomic mass is 10.3. The maximum absolute atomic E-state index is 12.0. The van der Waals surface area contributed by atoms with Gasteiger partial charge in [-0.15, -0.1) is 0 Å². The van der Waals surface area contributed by atoms with Crippen molar-refractivity contribution in [3.8, 4) is 0 Å². The fraction of sp³-hybridized carbons (Fsp3) is 0.400. The number of aliphatic hydroxyl groups is 1. The summed E-state index contributed by atoms with van der Waals surface area (Å²) < 4.78 is 24.1. The predicted octanol–water partition coefficient (Wildman–Crippen LogP) is 0.576. The van der Waals surface area contributed by atoms with E-state index in [9.17, 15) is 8.42 Å². The Morgan fingerprint density at radius 3 is 2.44 bits per heavy atom. The number of aliphatic hydroxyl groups excluding tert-OH is 1. The van der Waals surface area contributed by atoms with Crippen LogP contribution in [-0.4, -0.2) is 30.9 Å². The van der Waals surface area contributed by atoms with Crippen LogP contribution in [0.25, 0.3) is 0 Å². The van der Waals surface area contributed by atoms with Crippen molar-refractivity contribution in [1.82, 2.24) is 0 Å². The standard InChI is InChI=1S/C10H12ClNO3S/c11-7-1-3-8(4-2-7)16(14,15)9-5-10(9,12)6-13/h1-4,9,13H,5-6,12H2/t9-,10-/m1/s1. The summed E-state index contributed by atoms with van der Waals surface area (Å²) in [7, 11) is -3.45. The Kier molecular flexibility index (Phi) is 2.74. The molecule has 0 radical (unpaired) electrons. The third-order valence-electron chi connectivity index (χ3n) is 2.86. The van der Waals surface area contributed by atoms with E-state index in [-0.39, 0.29) is 11.5 Å². The minimum Gasteiger partial charge on any atom is -0.394 e. The monoisotopic (exact) mass is 261 g/mol. The van der Waals surface area contributed by atoms with Crippen LogP contribution in [0, 0.1) is 0 Å². The lowest BCUT2D eigenvalue weighted by Gasteiger charge is -2.08. The van der Waals surface area contributed by atoms with Crippen molar-refractivity contribution in [3.05, 3.63) is 29.3 Å². The number of rotatable bonds is 3. The number of sulfone groups is 1. The summed E-state index contributed by atoms with van der Waals surface area (Å²) in [4.78, 5) is 0.197. The summed E-state index contributed by atoms with van der Waals surface area (Å²) in [6.07, 6.45) is 0.300. The van der Waals surface area contributed by atoms with E-state index >= 15 is 0 Å². The quantitative estimate of drug-likeness (QED) is 0.834. The zero-order valence-electron chi connectivity index (χ0n) is 8.43. The number of hydrogen-bond acceptors (Lipinski definition) is 4. The highest BCUT2D eigenvalue weighted by molar-refractivity contribution is 7.92. The fourth-order valence-corrected chi connectivity index (χ4v) is 3.85. The van der Waals surface area contributed by atoms with Crippen LogP contribution in [-0.2, 0) is 9.84 Å². The van der Waals surface area contributed by atoms with Crippen LogP contribution in [0.5, 0.6) is 0 Å². The molecule has 0 spiro atoms. The van der Waals surface area contributed by atoms with E-state index in [2.05, 4.69) is 0 Å². The fourth-order valence-electron chi connectivity index (χ4n) is 1.66. The minimum atomic E-state index is -3.45. The van der Waals surface area contributed by atoms with E-state index in [0.29, 0.717) is 11.4 Å². The highest BCUT2D eigenvalue weighted by Crippen LogP contribution is 2.42. The average molecular weight is 262 g/mol. The molecule has 1 aromatic rings. The predicted molar refractivity (Wildman–Crippen MR) is 61.0 cm³/mol. The van der Waals surface area contributed by atoms with Gasteiger partial charge in [0.1, 0.15) is 0 Å². The molecule has 88 valence electrons. The van der Waals surface area contributed by atoms with Gasteiger partial charge >= 0.3 is 0 Å².